The van der Waals surface area contributed by atoms with E-state index >= 15 is 0 Å². The van der Waals surface area contributed by atoms with Gasteiger partial charge >= 0.3 is 0 Å². The molecule has 0 bridgehead atoms. The Labute approximate surface area is 207 Å². The van der Waals surface area contributed by atoms with Gasteiger partial charge in [-0.05, 0) is 104 Å². The third kappa shape index (κ3) is 2.86. The van der Waals surface area contributed by atoms with Gasteiger partial charge in [-0.2, -0.15) is 0 Å². The molecular formula is C30H50O4. The lowest BCUT2D eigenvalue weighted by Crippen LogP contribution is -2.70. The summed E-state index contributed by atoms with van der Waals surface area (Å²) in [5.41, 5.74) is -1.55. The van der Waals surface area contributed by atoms with E-state index in [0.717, 1.165) is 44.9 Å². The van der Waals surface area contributed by atoms with Gasteiger partial charge in [0.05, 0.1) is 17.8 Å². The van der Waals surface area contributed by atoms with Crippen molar-refractivity contribution in [2.24, 2.45) is 56.7 Å². The van der Waals surface area contributed by atoms with Crippen LogP contribution in [0.25, 0.3) is 0 Å². The van der Waals surface area contributed by atoms with Crippen LogP contribution in [0.2, 0.25) is 0 Å². The molecule has 0 aromatic carbocycles. The number of aliphatic hydroxyl groups is 3. The number of carbonyl (C=O) groups is 1. The van der Waals surface area contributed by atoms with Crippen LogP contribution in [0.3, 0.4) is 0 Å². The second-order valence-corrected chi connectivity index (χ2v) is 15.6. The van der Waals surface area contributed by atoms with E-state index in [0.29, 0.717) is 24.0 Å². The Kier molecular flexibility index (Phi) is 5.26. The van der Waals surface area contributed by atoms with Gasteiger partial charge in [0.2, 0.25) is 0 Å². The molecule has 5 rings (SSSR count). The highest BCUT2D eigenvalue weighted by molar-refractivity contribution is 5.85. The number of Topliss-reactive ketones (excluding diaryl/α,β-unsaturated/α-hetero) is 1. The Morgan fingerprint density at radius 1 is 0.824 bits per heavy atom. The van der Waals surface area contributed by atoms with E-state index in [2.05, 4.69) is 41.5 Å². The fraction of sp³-hybridized carbons (Fsp3) is 0.967. The fourth-order valence-corrected chi connectivity index (χ4v) is 12.0. The van der Waals surface area contributed by atoms with Crippen molar-refractivity contribution in [3.63, 3.8) is 0 Å². The summed E-state index contributed by atoms with van der Waals surface area (Å²) in [6.45, 7) is 17.6. The molecule has 0 aromatic rings. The molecule has 11 atom stereocenters. The van der Waals surface area contributed by atoms with Crippen molar-refractivity contribution < 1.29 is 20.1 Å². The van der Waals surface area contributed by atoms with Crippen LogP contribution >= 0.6 is 0 Å². The third-order valence-corrected chi connectivity index (χ3v) is 13.4. The van der Waals surface area contributed by atoms with Crippen molar-refractivity contribution in [2.45, 2.75) is 125 Å². The van der Waals surface area contributed by atoms with Crippen LogP contribution < -0.4 is 0 Å². The van der Waals surface area contributed by atoms with Gasteiger partial charge in [0.25, 0.3) is 0 Å². The maximum absolute atomic E-state index is 14.0. The van der Waals surface area contributed by atoms with Crippen molar-refractivity contribution >= 4 is 5.78 Å². The molecule has 0 radical (unpaired) electrons. The molecule has 0 aromatic heterocycles. The first kappa shape index (κ1) is 25.2. The van der Waals surface area contributed by atoms with Crippen molar-refractivity contribution in [2.75, 3.05) is 0 Å². The first-order chi connectivity index (χ1) is 15.4. The Hall–Kier alpha value is -0.450. The van der Waals surface area contributed by atoms with Crippen LogP contribution in [0.5, 0.6) is 0 Å². The summed E-state index contributed by atoms with van der Waals surface area (Å²) >= 11 is 0. The normalized spacial score (nSPS) is 56.8. The summed E-state index contributed by atoms with van der Waals surface area (Å²) < 4.78 is 0. The largest absolute Gasteiger partial charge is 0.393 e. The predicted molar refractivity (Wildman–Crippen MR) is 134 cm³/mol. The third-order valence-electron chi connectivity index (χ3n) is 13.4. The smallest absolute Gasteiger partial charge is 0.137 e. The summed E-state index contributed by atoms with van der Waals surface area (Å²) in [6, 6.07) is 0. The minimum absolute atomic E-state index is 0.00606. The monoisotopic (exact) mass is 474 g/mol. The quantitative estimate of drug-likeness (QED) is 0.477. The zero-order valence-electron chi connectivity index (χ0n) is 22.9. The van der Waals surface area contributed by atoms with Gasteiger partial charge in [-0.15, -0.1) is 0 Å². The topological polar surface area (TPSA) is 77.8 Å². The van der Waals surface area contributed by atoms with Gasteiger partial charge in [-0.25, -0.2) is 0 Å². The molecule has 0 saturated heterocycles. The van der Waals surface area contributed by atoms with Gasteiger partial charge in [0.1, 0.15) is 5.78 Å². The zero-order chi connectivity index (χ0) is 25.3. The van der Waals surface area contributed by atoms with Crippen LogP contribution in [0, 0.1) is 56.7 Å². The van der Waals surface area contributed by atoms with E-state index in [1.165, 1.54) is 0 Å². The van der Waals surface area contributed by atoms with Gasteiger partial charge in [-0.1, -0.05) is 41.5 Å². The minimum atomic E-state index is -0.783. The van der Waals surface area contributed by atoms with Crippen LogP contribution in [0.4, 0.5) is 0 Å². The Balaban J connectivity index is 1.58. The van der Waals surface area contributed by atoms with Crippen LogP contribution in [-0.2, 0) is 4.79 Å². The lowest BCUT2D eigenvalue weighted by molar-refractivity contribution is -0.258. The van der Waals surface area contributed by atoms with Gasteiger partial charge in [0.15, 0.2) is 0 Å². The first-order valence-corrected chi connectivity index (χ1v) is 14.1. The number of fused-ring (bicyclic) bond motifs is 7. The molecule has 0 heterocycles. The Morgan fingerprint density at radius 3 is 1.97 bits per heavy atom. The SMILES string of the molecule is CC(C)(O)[C@H]1CC[C@@]2(C)[C@H]1[C@@H](O)C[C@]1(C)[C@@H]2CC[C@@H]2[C@@]3(C)CC[C@H](O)C(C)(C)[C@@H]3C(=O)C[C@]21C. The molecule has 0 spiro atoms. The minimum Gasteiger partial charge on any atom is -0.393 e. The van der Waals surface area contributed by atoms with E-state index in [-0.39, 0.29) is 39.4 Å². The maximum Gasteiger partial charge on any atom is 0.137 e. The maximum atomic E-state index is 14.0. The van der Waals surface area contributed by atoms with Gasteiger partial charge in [-0.3, -0.25) is 4.79 Å². The number of rotatable bonds is 1. The van der Waals surface area contributed by atoms with Gasteiger partial charge < -0.3 is 15.3 Å². The number of hydrogen-bond donors (Lipinski definition) is 3. The molecular weight excluding hydrogens is 424 g/mol. The second kappa shape index (κ2) is 7.10. The standard InChI is InChI=1S/C30H50O4/c1-25(2)22(33)12-14-28(6)21-10-9-20-27(5)13-11-17(26(3,4)34)23(27)18(31)15-29(20,7)30(21,8)16-19(32)24(25)28/h17-18,20-24,31,33-34H,9-16H2,1-8H3/t17-,18-,20+,21+,22-,23+,24-,27+,28+,29+,30+/m0/s1. The van der Waals surface area contributed by atoms with Crippen molar-refractivity contribution in [1.29, 1.82) is 0 Å². The first-order valence-electron chi connectivity index (χ1n) is 14.1. The molecule has 194 valence electrons. The van der Waals surface area contributed by atoms with E-state index < -0.39 is 23.2 Å². The molecule has 3 N–H and O–H groups in total. The molecule has 0 unspecified atom stereocenters. The highest BCUT2D eigenvalue weighted by Crippen LogP contribution is 2.77. The molecule has 5 fully saturated rings. The summed E-state index contributed by atoms with van der Waals surface area (Å²) in [5.74, 6) is 1.38. The fourth-order valence-electron chi connectivity index (χ4n) is 12.0. The van der Waals surface area contributed by atoms with E-state index in [4.69, 9.17) is 0 Å². The zero-order valence-corrected chi connectivity index (χ0v) is 22.9. The summed E-state index contributed by atoms with van der Waals surface area (Å²) in [7, 11) is 0. The molecule has 4 nitrogen and oxygen atoms in total. The van der Waals surface area contributed by atoms with Crippen molar-refractivity contribution in [1.82, 2.24) is 0 Å². The summed E-state index contributed by atoms with van der Waals surface area (Å²) in [5, 5.41) is 33.6. The highest BCUT2D eigenvalue weighted by atomic mass is 16.3. The lowest BCUT2D eigenvalue weighted by atomic mass is 9.31. The van der Waals surface area contributed by atoms with Gasteiger partial charge in [0, 0.05) is 17.8 Å². The molecule has 0 amide bonds. The average molecular weight is 475 g/mol. The molecule has 34 heavy (non-hydrogen) atoms. The molecule has 5 aliphatic rings. The lowest BCUT2D eigenvalue weighted by Gasteiger charge is -2.73. The van der Waals surface area contributed by atoms with E-state index in [1.54, 1.807) is 0 Å². The predicted octanol–water partition coefficient (Wildman–Crippen LogP) is 5.37. The average Bonchev–Trinajstić information content (AvgIpc) is 3.05. The summed E-state index contributed by atoms with van der Waals surface area (Å²) in [6.07, 6.45) is 6.44. The highest BCUT2D eigenvalue weighted by Gasteiger charge is 2.74. The van der Waals surface area contributed by atoms with E-state index in [1.807, 2.05) is 13.8 Å². The van der Waals surface area contributed by atoms with Crippen LogP contribution in [0.15, 0.2) is 0 Å². The van der Waals surface area contributed by atoms with Crippen molar-refractivity contribution in [3.05, 3.63) is 0 Å². The number of aliphatic hydroxyl groups excluding tert-OH is 2. The molecule has 0 aliphatic heterocycles. The van der Waals surface area contributed by atoms with E-state index in [9.17, 15) is 20.1 Å². The number of carbonyl (C=O) groups excluding carboxylic acids is 1. The second-order valence-electron chi connectivity index (χ2n) is 15.6. The number of hydrogen-bond acceptors (Lipinski definition) is 4. The summed E-state index contributed by atoms with van der Waals surface area (Å²) in [4.78, 5) is 14.0. The number of ketones is 1. The van der Waals surface area contributed by atoms with Crippen LogP contribution in [-0.4, -0.2) is 38.9 Å². The van der Waals surface area contributed by atoms with Crippen LogP contribution in [0.1, 0.15) is 107 Å². The molecule has 5 saturated carbocycles. The van der Waals surface area contributed by atoms with Crippen molar-refractivity contribution in [3.8, 4) is 0 Å². The Morgan fingerprint density at radius 2 is 1.38 bits per heavy atom. The molecule has 5 aliphatic carbocycles. The molecule has 4 heteroatoms. The Bertz CT molecular complexity index is 874.